The largest absolute Gasteiger partial charge is 0.497 e. The summed E-state index contributed by atoms with van der Waals surface area (Å²) in [6.45, 7) is 0. The minimum Gasteiger partial charge on any atom is -0.497 e. The van der Waals surface area contributed by atoms with Gasteiger partial charge in [0.05, 0.1) is 25.9 Å². The van der Waals surface area contributed by atoms with Gasteiger partial charge in [-0.15, -0.1) is 0 Å². The molecule has 3 N–H and O–H groups in total. The van der Waals surface area contributed by atoms with Crippen LogP contribution in [0.1, 0.15) is 28.4 Å². The van der Waals surface area contributed by atoms with E-state index in [9.17, 15) is 4.79 Å². The molecule has 0 spiro atoms. The van der Waals surface area contributed by atoms with Gasteiger partial charge in [0.25, 0.3) is 5.91 Å². The van der Waals surface area contributed by atoms with Gasteiger partial charge in [-0.05, 0) is 35.9 Å². The van der Waals surface area contributed by atoms with E-state index in [4.69, 9.17) is 9.47 Å². The average Bonchev–Trinajstić information content (AvgIpc) is 3.10. The number of pyridine rings is 1. The Balaban J connectivity index is 1.68. The molecule has 0 aliphatic carbocycles. The lowest BCUT2D eigenvalue weighted by molar-refractivity contribution is 0.0929. The SMILES string of the molecule is COc1ccc(OC)c(C(=O)NC2CC(c3ccncc3)NN2)c1. The van der Waals surface area contributed by atoms with Crippen molar-refractivity contribution in [3.63, 3.8) is 0 Å². The van der Waals surface area contributed by atoms with Gasteiger partial charge in [0.1, 0.15) is 11.5 Å². The molecule has 2 heterocycles. The fourth-order valence-electron chi connectivity index (χ4n) is 2.69. The highest BCUT2D eigenvalue weighted by molar-refractivity contribution is 5.97. The van der Waals surface area contributed by atoms with Crippen LogP contribution in [0.15, 0.2) is 42.7 Å². The molecule has 2 atom stereocenters. The van der Waals surface area contributed by atoms with Gasteiger partial charge in [-0.2, -0.15) is 0 Å². The fraction of sp³-hybridized carbons (Fsp3) is 0.294. The van der Waals surface area contributed by atoms with Crippen molar-refractivity contribution in [1.82, 2.24) is 21.2 Å². The highest BCUT2D eigenvalue weighted by Crippen LogP contribution is 2.25. The Bertz CT molecular complexity index is 708. The molecule has 7 heteroatoms. The number of amides is 1. The highest BCUT2D eigenvalue weighted by atomic mass is 16.5. The number of hydrazine groups is 1. The predicted molar refractivity (Wildman–Crippen MR) is 88.7 cm³/mol. The number of nitrogens with one attached hydrogen (secondary N) is 3. The summed E-state index contributed by atoms with van der Waals surface area (Å²) in [6.07, 6.45) is 4.04. The number of carbonyl (C=O) groups excluding carboxylic acids is 1. The van der Waals surface area contributed by atoms with Crippen molar-refractivity contribution in [2.75, 3.05) is 14.2 Å². The Morgan fingerprint density at radius 2 is 1.96 bits per heavy atom. The molecule has 1 fully saturated rings. The first-order valence-corrected chi connectivity index (χ1v) is 7.65. The summed E-state index contributed by atoms with van der Waals surface area (Å²) in [6, 6.07) is 9.16. The van der Waals surface area contributed by atoms with Crippen molar-refractivity contribution in [3.05, 3.63) is 53.9 Å². The van der Waals surface area contributed by atoms with Gasteiger partial charge in [-0.3, -0.25) is 9.78 Å². The normalized spacial score (nSPS) is 19.8. The lowest BCUT2D eigenvalue weighted by Crippen LogP contribution is -2.44. The molecule has 0 bridgehead atoms. The van der Waals surface area contributed by atoms with E-state index in [0.717, 1.165) is 12.0 Å². The highest BCUT2D eigenvalue weighted by Gasteiger charge is 2.27. The standard InChI is InChI=1S/C17H20N4O3/c1-23-12-3-4-15(24-2)13(9-12)17(22)19-16-10-14(20-21-16)11-5-7-18-8-6-11/h3-9,14,16,20-21H,10H2,1-2H3,(H,19,22). The molecule has 24 heavy (non-hydrogen) atoms. The molecule has 126 valence electrons. The first-order valence-electron chi connectivity index (χ1n) is 7.65. The van der Waals surface area contributed by atoms with Crippen LogP contribution in [0.25, 0.3) is 0 Å². The van der Waals surface area contributed by atoms with E-state index >= 15 is 0 Å². The zero-order valence-corrected chi connectivity index (χ0v) is 13.6. The molecule has 0 saturated carbocycles. The van der Waals surface area contributed by atoms with Crippen LogP contribution in [0, 0.1) is 0 Å². The lowest BCUT2D eigenvalue weighted by Gasteiger charge is -2.15. The van der Waals surface area contributed by atoms with E-state index in [-0.39, 0.29) is 18.1 Å². The van der Waals surface area contributed by atoms with E-state index in [1.807, 2.05) is 12.1 Å². The summed E-state index contributed by atoms with van der Waals surface area (Å²) in [7, 11) is 3.10. The molecule has 1 aliphatic rings. The molecule has 1 aliphatic heterocycles. The van der Waals surface area contributed by atoms with Gasteiger partial charge in [0, 0.05) is 24.9 Å². The minimum atomic E-state index is -0.222. The van der Waals surface area contributed by atoms with Crippen LogP contribution in [0.4, 0.5) is 0 Å². The van der Waals surface area contributed by atoms with Crippen LogP contribution in [0.2, 0.25) is 0 Å². The minimum absolute atomic E-state index is 0.116. The second kappa shape index (κ2) is 7.29. The Morgan fingerprint density at radius 3 is 2.67 bits per heavy atom. The van der Waals surface area contributed by atoms with E-state index in [2.05, 4.69) is 21.2 Å². The van der Waals surface area contributed by atoms with Crippen molar-refractivity contribution >= 4 is 5.91 Å². The second-order valence-corrected chi connectivity index (χ2v) is 5.45. The van der Waals surface area contributed by atoms with Crippen LogP contribution in [-0.2, 0) is 0 Å². The topological polar surface area (TPSA) is 84.5 Å². The monoisotopic (exact) mass is 328 g/mol. The van der Waals surface area contributed by atoms with Crippen molar-refractivity contribution in [2.24, 2.45) is 0 Å². The summed E-state index contributed by atoms with van der Waals surface area (Å²) >= 11 is 0. The van der Waals surface area contributed by atoms with E-state index in [1.54, 1.807) is 37.7 Å². The van der Waals surface area contributed by atoms with Crippen LogP contribution < -0.4 is 25.6 Å². The second-order valence-electron chi connectivity index (χ2n) is 5.45. The zero-order valence-electron chi connectivity index (χ0n) is 13.6. The number of methoxy groups -OCH3 is 2. The molecule has 2 unspecified atom stereocenters. The first-order chi connectivity index (χ1) is 11.7. The van der Waals surface area contributed by atoms with Crippen LogP contribution in [0.5, 0.6) is 11.5 Å². The van der Waals surface area contributed by atoms with Crippen LogP contribution >= 0.6 is 0 Å². The van der Waals surface area contributed by atoms with Gasteiger partial charge < -0.3 is 14.8 Å². The van der Waals surface area contributed by atoms with E-state index in [1.165, 1.54) is 7.11 Å². The molecule has 7 nitrogen and oxygen atoms in total. The molecule has 3 rings (SSSR count). The molecule has 1 saturated heterocycles. The Morgan fingerprint density at radius 1 is 1.17 bits per heavy atom. The molecule has 1 aromatic heterocycles. The summed E-state index contributed by atoms with van der Waals surface area (Å²) < 4.78 is 10.4. The smallest absolute Gasteiger partial charge is 0.256 e. The first kappa shape index (κ1) is 16.2. The maximum absolute atomic E-state index is 12.6. The molecular weight excluding hydrogens is 308 g/mol. The number of ether oxygens (including phenoxy) is 2. The molecule has 0 radical (unpaired) electrons. The van der Waals surface area contributed by atoms with Gasteiger partial charge in [-0.25, -0.2) is 10.9 Å². The number of nitrogens with zero attached hydrogens (tertiary/aromatic N) is 1. The summed E-state index contributed by atoms with van der Waals surface area (Å²) in [5.74, 6) is 0.887. The number of carbonyl (C=O) groups is 1. The number of hydrogen-bond acceptors (Lipinski definition) is 6. The number of rotatable bonds is 5. The van der Waals surface area contributed by atoms with Crippen LogP contribution in [0.3, 0.4) is 0 Å². The van der Waals surface area contributed by atoms with Crippen molar-refractivity contribution in [1.29, 1.82) is 0 Å². The number of aromatic nitrogens is 1. The molecule has 2 aromatic rings. The van der Waals surface area contributed by atoms with Gasteiger partial charge >= 0.3 is 0 Å². The third-order valence-corrected chi connectivity index (χ3v) is 3.97. The maximum Gasteiger partial charge on any atom is 0.256 e. The van der Waals surface area contributed by atoms with E-state index < -0.39 is 0 Å². The average molecular weight is 328 g/mol. The fourth-order valence-corrected chi connectivity index (χ4v) is 2.69. The van der Waals surface area contributed by atoms with Crippen molar-refractivity contribution in [3.8, 4) is 11.5 Å². The number of benzene rings is 1. The van der Waals surface area contributed by atoms with Gasteiger partial charge in [0.15, 0.2) is 0 Å². The third-order valence-electron chi connectivity index (χ3n) is 3.97. The summed E-state index contributed by atoms with van der Waals surface area (Å²) in [4.78, 5) is 16.6. The molecule has 1 aromatic carbocycles. The van der Waals surface area contributed by atoms with E-state index in [0.29, 0.717) is 17.1 Å². The Labute approximate surface area is 140 Å². The third kappa shape index (κ3) is 3.47. The lowest BCUT2D eigenvalue weighted by atomic mass is 10.1. The zero-order chi connectivity index (χ0) is 16.9. The maximum atomic E-state index is 12.6. The molecular formula is C17H20N4O3. The van der Waals surface area contributed by atoms with Crippen molar-refractivity contribution < 1.29 is 14.3 Å². The van der Waals surface area contributed by atoms with Crippen LogP contribution in [-0.4, -0.2) is 31.3 Å². The Kier molecular flexibility index (Phi) is 4.93. The summed E-state index contributed by atoms with van der Waals surface area (Å²) in [5, 5.41) is 2.96. The Hall–Kier alpha value is -2.64. The molecule has 1 amide bonds. The summed E-state index contributed by atoms with van der Waals surface area (Å²) in [5.41, 5.74) is 7.83. The van der Waals surface area contributed by atoms with Gasteiger partial charge in [0.2, 0.25) is 0 Å². The quantitative estimate of drug-likeness (QED) is 0.769. The van der Waals surface area contributed by atoms with Crippen molar-refractivity contribution in [2.45, 2.75) is 18.6 Å². The number of hydrogen-bond donors (Lipinski definition) is 3. The predicted octanol–water partition coefficient (Wildman–Crippen LogP) is 1.39. The van der Waals surface area contributed by atoms with Gasteiger partial charge in [-0.1, -0.05) is 0 Å².